The van der Waals surface area contributed by atoms with Crippen LogP contribution in [0.5, 0.6) is 0 Å². The fraction of sp³-hybridized carbons (Fsp3) is 1.00. The zero-order chi connectivity index (χ0) is 12.1. The van der Waals surface area contributed by atoms with E-state index in [0.29, 0.717) is 0 Å². The van der Waals surface area contributed by atoms with Crippen LogP contribution in [0.1, 0.15) is 27.7 Å². The molecule has 15 heavy (non-hydrogen) atoms. The van der Waals surface area contributed by atoms with Crippen LogP contribution in [-0.4, -0.2) is 36.9 Å². The van der Waals surface area contributed by atoms with Crippen molar-refractivity contribution in [3.05, 3.63) is 0 Å². The Morgan fingerprint density at radius 3 is 1.80 bits per heavy atom. The Bertz CT molecular complexity index is 203. The number of hydrogen-bond acceptors (Lipinski definition) is 5. The molecule has 0 aromatic heterocycles. The van der Waals surface area contributed by atoms with Gasteiger partial charge >= 0.3 is 7.60 Å². The van der Waals surface area contributed by atoms with Crippen LogP contribution in [0.15, 0.2) is 0 Å². The van der Waals surface area contributed by atoms with Crippen LogP contribution in [0.25, 0.3) is 0 Å². The van der Waals surface area contributed by atoms with Crippen molar-refractivity contribution in [1.29, 1.82) is 0 Å². The van der Waals surface area contributed by atoms with Crippen molar-refractivity contribution in [1.82, 2.24) is 0 Å². The van der Waals surface area contributed by atoms with Crippen molar-refractivity contribution in [3.8, 4) is 0 Å². The van der Waals surface area contributed by atoms with Gasteiger partial charge in [0.25, 0.3) is 0 Å². The molecule has 0 saturated carbocycles. The standard InChI is InChI=1S/C9H21O5P/c1-7(2)13-15(11,14-8(3)4)9(10)6-12-5/h7-10H,6H2,1-5H3/t9-/m1/s1. The van der Waals surface area contributed by atoms with Crippen LogP contribution in [-0.2, 0) is 18.3 Å². The molecule has 0 aliphatic rings. The lowest BCUT2D eigenvalue weighted by atomic mass is 10.5. The smallest absolute Gasteiger partial charge is 0.361 e. The van der Waals surface area contributed by atoms with Gasteiger partial charge in [0.2, 0.25) is 0 Å². The van der Waals surface area contributed by atoms with Gasteiger partial charge in [-0.1, -0.05) is 0 Å². The van der Waals surface area contributed by atoms with E-state index in [0.717, 1.165) is 0 Å². The summed E-state index contributed by atoms with van der Waals surface area (Å²) in [4.78, 5) is 0. The second-order valence-corrected chi connectivity index (χ2v) is 5.88. The molecule has 0 saturated heterocycles. The molecule has 0 aromatic rings. The molecule has 0 unspecified atom stereocenters. The summed E-state index contributed by atoms with van der Waals surface area (Å²) >= 11 is 0. The van der Waals surface area contributed by atoms with E-state index in [1.165, 1.54) is 7.11 Å². The average Bonchev–Trinajstić information content (AvgIpc) is 2.01. The maximum Gasteiger partial charge on any atom is 0.361 e. The van der Waals surface area contributed by atoms with Gasteiger partial charge in [0.05, 0.1) is 18.8 Å². The lowest BCUT2D eigenvalue weighted by Crippen LogP contribution is -2.21. The third-order valence-electron chi connectivity index (χ3n) is 1.40. The number of hydrogen-bond donors (Lipinski definition) is 1. The molecule has 0 spiro atoms. The van der Waals surface area contributed by atoms with Gasteiger partial charge in [-0.25, -0.2) is 0 Å². The van der Waals surface area contributed by atoms with Crippen LogP contribution in [0, 0.1) is 0 Å². The highest BCUT2D eigenvalue weighted by Crippen LogP contribution is 2.54. The van der Waals surface area contributed by atoms with Crippen molar-refractivity contribution in [2.24, 2.45) is 0 Å². The second-order valence-electron chi connectivity index (χ2n) is 3.78. The first-order valence-corrected chi connectivity index (χ1v) is 6.56. The van der Waals surface area contributed by atoms with Crippen molar-refractivity contribution in [2.45, 2.75) is 45.7 Å². The summed E-state index contributed by atoms with van der Waals surface area (Å²) in [5.74, 6) is -1.24. The summed E-state index contributed by atoms with van der Waals surface area (Å²) in [5, 5.41) is 9.63. The number of rotatable bonds is 7. The molecule has 0 bridgehead atoms. The number of aliphatic hydroxyl groups excluding tert-OH is 1. The molecule has 0 fully saturated rings. The lowest BCUT2D eigenvalue weighted by molar-refractivity contribution is 0.0595. The summed E-state index contributed by atoms with van der Waals surface area (Å²) in [6.45, 7) is 6.86. The molecule has 5 nitrogen and oxygen atoms in total. The largest absolute Gasteiger partial charge is 0.381 e. The predicted molar refractivity (Wildman–Crippen MR) is 57.9 cm³/mol. The molecule has 1 atom stereocenters. The molecule has 0 heterocycles. The minimum atomic E-state index is -3.51. The van der Waals surface area contributed by atoms with Gasteiger partial charge in [0.1, 0.15) is 0 Å². The van der Waals surface area contributed by atoms with Gasteiger partial charge in [-0.2, -0.15) is 0 Å². The van der Waals surface area contributed by atoms with Gasteiger partial charge in [-0.15, -0.1) is 0 Å². The molecule has 0 aromatic carbocycles. The maximum absolute atomic E-state index is 12.1. The van der Waals surface area contributed by atoms with E-state index in [2.05, 4.69) is 0 Å². The Balaban J connectivity index is 4.60. The van der Waals surface area contributed by atoms with Crippen LogP contribution >= 0.6 is 7.60 Å². The molecular formula is C9H21O5P. The first-order valence-electron chi connectivity index (χ1n) is 4.95. The highest BCUT2D eigenvalue weighted by molar-refractivity contribution is 7.54. The normalized spacial score (nSPS) is 14.9. The first kappa shape index (κ1) is 15.1. The Hall–Kier alpha value is 0.0700. The van der Waals surface area contributed by atoms with Gasteiger partial charge < -0.3 is 18.9 Å². The van der Waals surface area contributed by atoms with Crippen molar-refractivity contribution in [3.63, 3.8) is 0 Å². The van der Waals surface area contributed by atoms with E-state index in [1.807, 2.05) is 0 Å². The Kier molecular flexibility index (Phi) is 6.64. The minimum Gasteiger partial charge on any atom is -0.381 e. The Labute approximate surface area is 91.3 Å². The third kappa shape index (κ3) is 5.64. The van der Waals surface area contributed by atoms with Gasteiger partial charge in [0.15, 0.2) is 5.85 Å². The summed E-state index contributed by atoms with van der Waals surface area (Å²) < 4.78 is 27.2. The zero-order valence-electron chi connectivity index (χ0n) is 9.97. The fourth-order valence-corrected chi connectivity index (χ4v) is 2.83. The quantitative estimate of drug-likeness (QED) is 0.689. The van der Waals surface area contributed by atoms with Crippen molar-refractivity contribution >= 4 is 7.60 Å². The highest BCUT2D eigenvalue weighted by atomic mass is 31.2. The molecule has 1 N–H and O–H groups in total. The third-order valence-corrected chi connectivity index (χ3v) is 3.71. The van der Waals surface area contributed by atoms with E-state index in [1.54, 1.807) is 27.7 Å². The molecule has 0 rings (SSSR count). The average molecular weight is 240 g/mol. The Morgan fingerprint density at radius 1 is 1.13 bits per heavy atom. The minimum absolute atomic E-state index is 0.0727. The Morgan fingerprint density at radius 2 is 1.53 bits per heavy atom. The van der Waals surface area contributed by atoms with Crippen LogP contribution in [0.2, 0.25) is 0 Å². The van der Waals surface area contributed by atoms with Crippen molar-refractivity contribution < 1.29 is 23.5 Å². The molecule has 6 heteroatoms. The van der Waals surface area contributed by atoms with E-state index in [9.17, 15) is 9.67 Å². The number of methoxy groups -OCH3 is 1. The monoisotopic (exact) mass is 240 g/mol. The lowest BCUT2D eigenvalue weighted by Gasteiger charge is -2.26. The topological polar surface area (TPSA) is 65.0 Å². The SMILES string of the molecule is COC[C@H](O)P(=O)(OC(C)C)OC(C)C. The summed E-state index contributed by atoms with van der Waals surface area (Å²) in [6.07, 6.45) is -0.554. The van der Waals surface area contributed by atoms with Crippen LogP contribution in [0.3, 0.4) is 0 Å². The van der Waals surface area contributed by atoms with E-state index >= 15 is 0 Å². The fourth-order valence-electron chi connectivity index (χ4n) is 0.993. The summed E-state index contributed by atoms with van der Waals surface area (Å²) in [5.41, 5.74) is 0. The predicted octanol–water partition coefficient (Wildman–Crippen LogP) is 1.99. The van der Waals surface area contributed by atoms with E-state index in [4.69, 9.17) is 13.8 Å². The summed E-state index contributed by atoms with van der Waals surface area (Å²) in [7, 11) is -2.09. The van der Waals surface area contributed by atoms with Crippen molar-refractivity contribution in [2.75, 3.05) is 13.7 Å². The highest BCUT2D eigenvalue weighted by Gasteiger charge is 2.36. The van der Waals surface area contributed by atoms with Crippen LogP contribution in [0.4, 0.5) is 0 Å². The molecule has 0 aliphatic heterocycles. The van der Waals surface area contributed by atoms with Gasteiger partial charge in [0, 0.05) is 7.11 Å². The van der Waals surface area contributed by atoms with E-state index in [-0.39, 0.29) is 18.8 Å². The first-order chi connectivity index (χ1) is 6.81. The van der Waals surface area contributed by atoms with Crippen LogP contribution < -0.4 is 0 Å². The summed E-state index contributed by atoms with van der Waals surface area (Å²) in [6, 6.07) is 0. The molecule has 92 valence electrons. The zero-order valence-corrected chi connectivity index (χ0v) is 10.9. The maximum atomic E-state index is 12.1. The molecule has 0 aliphatic carbocycles. The molecule has 0 amide bonds. The number of aliphatic hydroxyl groups is 1. The van der Waals surface area contributed by atoms with Gasteiger partial charge in [-0.3, -0.25) is 4.57 Å². The van der Waals surface area contributed by atoms with Gasteiger partial charge in [-0.05, 0) is 27.7 Å². The second kappa shape index (κ2) is 6.61. The molecule has 0 radical (unpaired) electrons. The molecular weight excluding hydrogens is 219 g/mol. The number of ether oxygens (including phenoxy) is 1. The van der Waals surface area contributed by atoms with E-state index < -0.39 is 13.4 Å².